The summed E-state index contributed by atoms with van der Waals surface area (Å²) in [6.07, 6.45) is 0.271. The summed E-state index contributed by atoms with van der Waals surface area (Å²) in [7, 11) is 1.89. The van der Waals surface area contributed by atoms with E-state index in [9.17, 15) is 14.6 Å². The van der Waals surface area contributed by atoms with E-state index in [4.69, 9.17) is 0 Å². The van der Waals surface area contributed by atoms with Crippen molar-refractivity contribution in [2.24, 2.45) is 0 Å². The van der Waals surface area contributed by atoms with E-state index in [1.165, 1.54) is 12.1 Å². The van der Waals surface area contributed by atoms with Crippen molar-refractivity contribution >= 4 is 0 Å². The number of hydrogen-bond donors (Lipinski definition) is 2. The first kappa shape index (κ1) is 19.9. The smallest absolute Gasteiger partial charge is 0.156 e. The van der Waals surface area contributed by atoms with Crippen LogP contribution < -0.4 is 0 Å². The van der Waals surface area contributed by atoms with E-state index in [1.54, 1.807) is 19.1 Å². The Labute approximate surface area is 150 Å². The molecule has 0 saturated carbocycles. The van der Waals surface area contributed by atoms with E-state index in [0.717, 1.165) is 18.7 Å². The van der Waals surface area contributed by atoms with Gasteiger partial charge in [0.1, 0.15) is 11.4 Å². The number of likely N-dealkylation sites (tertiary alicyclic amines) is 1. The van der Waals surface area contributed by atoms with Crippen LogP contribution in [0.4, 0.5) is 4.39 Å². The molecule has 3 atom stereocenters. The number of benzene rings is 1. The van der Waals surface area contributed by atoms with E-state index in [2.05, 4.69) is 30.6 Å². The Morgan fingerprint density at radius 3 is 2.40 bits per heavy atom. The van der Waals surface area contributed by atoms with Crippen LogP contribution in [0.1, 0.15) is 38.8 Å². The van der Waals surface area contributed by atoms with Gasteiger partial charge in [0.15, 0.2) is 5.60 Å². The number of piperidine rings is 1. The lowest BCUT2D eigenvalue weighted by molar-refractivity contribution is -0.160. The third-order valence-corrected chi connectivity index (χ3v) is 5.22. The van der Waals surface area contributed by atoms with Crippen molar-refractivity contribution in [2.45, 2.75) is 44.4 Å². The Balaban J connectivity index is 2.25. The molecular formula is C20H29FN2O2. The molecule has 0 bridgehead atoms. The molecule has 1 aromatic carbocycles. The van der Waals surface area contributed by atoms with Gasteiger partial charge in [-0.25, -0.2) is 4.39 Å². The second-order valence-corrected chi connectivity index (χ2v) is 7.08. The average Bonchev–Trinajstić information content (AvgIpc) is 2.56. The molecule has 25 heavy (non-hydrogen) atoms. The van der Waals surface area contributed by atoms with Gasteiger partial charge in [-0.3, -0.25) is 9.80 Å². The van der Waals surface area contributed by atoms with Crippen molar-refractivity contribution in [1.29, 1.82) is 0 Å². The number of likely N-dealkylation sites (N-methyl/N-ethyl adjacent to an activating group) is 1. The molecule has 1 aliphatic heterocycles. The van der Waals surface area contributed by atoms with Crippen LogP contribution in [0.2, 0.25) is 0 Å². The highest BCUT2D eigenvalue weighted by molar-refractivity contribution is 5.29. The molecule has 2 N–H and O–H groups in total. The summed E-state index contributed by atoms with van der Waals surface area (Å²) in [5.41, 5.74) is -1.94. The van der Waals surface area contributed by atoms with Crippen LogP contribution in [0.25, 0.3) is 0 Å². The SMILES string of the molecule is CCN(CC)CC#CC1(O)CC(c2ccc(F)cc2)N(C)CC1(C)O. The van der Waals surface area contributed by atoms with Gasteiger partial charge in [0.2, 0.25) is 0 Å². The summed E-state index contributed by atoms with van der Waals surface area (Å²) in [4.78, 5) is 4.13. The minimum atomic E-state index is -1.51. The number of rotatable bonds is 4. The molecule has 1 fully saturated rings. The van der Waals surface area contributed by atoms with E-state index in [0.29, 0.717) is 6.54 Å². The lowest BCUT2D eigenvalue weighted by Crippen LogP contribution is -2.62. The Bertz CT molecular complexity index is 631. The van der Waals surface area contributed by atoms with Crippen LogP contribution >= 0.6 is 0 Å². The van der Waals surface area contributed by atoms with E-state index in [1.807, 2.05) is 11.9 Å². The molecule has 1 saturated heterocycles. The highest BCUT2D eigenvalue weighted by atomic mass is 19.1. The fourth-order valence-corrected chi connectivity index (χ4v) is 3.37. The first-order chi connectivity index (χ1) is 11.7. The Morgan fingerprint density at radius 1 is 1.24 bits per heavy atom. The molecule has 0 radical (unpaired) electrons. The molecule has 4 nitrogen and oxygen atoms in total. The van der Waals surface area contributed by atoms with Crippen LogP contribution in [0.5, 0.6) is 0 Å². The first-order valence-corrected chi connectivity index (χ1v) is 8.85. The Hall–Kier alpha value is -1.45. The van der Waals surface area contributed by atoms with Crippen molar-refractivity contribution < 1.29 is 14.6 Å². The largest absolute Gasteiger partial charge is 0.385 e. The topological polar surface area (TPSA) is 46.9 Å². The number of halogens is 1. The van der Waals surface area contributed by atoms with Crippen LogP contribution in [-0.2, 0) is 0 Å². The summed E-state index contributed by atoms with van der Waals surface area (Å²) >= 11 is 0. The van der Waals surface area contributed by atoms with Crippen LogP contribution in [0, 0.1) is 17.7 Å². The second kappa shape index (κ2) is 7.84. The molecule has 0 aromatic heterocycles. The number of hydrogen-bond acceptors (Lipinski definition) is 4. The molecule has 3 unspecified atom stereocenters. The quantitative estimate of drug-likeness (QED) is 0.818. The summed E-state index contributed by atoms with van der Waals surface area (Å²) in [6.45, 7) is 8.37. The normalized spacial score (nSPS) is 30.2. The maximum atomic E-state index is 13.2. The van der Waals surface area contributed by atoms with E-state index >= 15 is 0 Å². The third kappa shape index (κ3) is 4.39. The summed E-state index contributed by atoms with van der Waals surface area (Å²) in [6, 6.07) is 6.15. The molecule has 138 valence electrons. The summed E-state index contributed by atoms with van der Waals surface area (Å²) in [5, 5.41) is 21.9. The minimum absolute atomic E-state index is 0.131. The molecule has 1 aliphatic rings. The fourth-order valence-electron chi connectivity index (χ4n) is 3.37. The highest BCUT2D eigenvalue weighted by Gasteiger charge is 2.51. The highest BCUT2D eigenvalue weighted by Crippen LogP contribution is 2.40. The summed E-state index contributed by atoms with van der Waals surface area (Å²) < 4.78 is 13.2. The number of aliphatic hydroxyl groups is 2. The van der Waals surface area contributed by atoms with E-state index in [-0.39, 0.29) is 24.8 Å². The van der Waals surface area contributed by atoms with Gasteiger partial charge >= 0.3 is 0 Å². The standard InChI is InChI=1S/C20H29FN2O2/c1-5-23(6-2)13-7-12-20(25)14-18(22(4)15-19(20,3)24)16-8-10-17(21)11-9-16/h8-11,18,24-25H,5-6,13-15H2,1-4H3. The minimum Gasteiger partial charge on any atom is -0.385 e. The van der Waals surface area contributed by atoms with Gasteiger partial charge in [-0.15, -0.1) is 0 Å². The second-order valence-electron chi connectivity index (χ2n) is 7.08. The molecule has 0 amide bonds. The van der Waals surface area contributed by atoms with Crippen molar-refractivity contribution in [2.75, 3.05) is 33.2 Å². The lowest BCUT2D eigenvalue weighted by Gasteiger charge is -2.49. The first-order valence-electron chi connectivity index (χ1n) is 8.85. The van der Waals surface area contributed by atoms with Gasteiger partial charge in [0.25, 0.3) is 0 Å². The van der Waals surface area contributed by atoms with Crippen LogP contribution in [0.3, 0.4) is 0 Å². The maximum absolute atomic E-state index is 13.2. The van der Waals surface area contributed by atoms with E-state index < -0.39 is 11.2 Å². The van der Waals surface area contributed by atoms with Crippen molar-refractivity contribution in [3.63, 3.8) is 0 Å². The zero-order valence-electron chi connectivity index (χ0n) is 15.6. The van der Waals surface area contributed by atoms with Crippen LogP contribution in [-0.4, -0.2) is 64.4 Å². The lowest BCUT2D eigenvalue weighted by atomic mass is 9.74. The molecule has 1 heterocycles. The fraction of sp³-hybridized carbons (Fsp3) is 0.600. The number of β-amino-alcohol motifs (C(OH)–C–C–N with tert-alkyl or cyclic N) is 1. The van der Waals surface area contributed by atoms with Crippen molar-refractivity contribution in [3.8, 4) is 11.8 Å². The van der Waals surface area contributed by atoms with Crippen molar-refractivity contribution in [3.05, 3.63) is 35.6 Å². The molecule has 0 spiro atoms. The molecule has 5 heteroatoms. The average molecular weight is 348 g/mol. The predicted molar refractivity (Wildman–Crippen MR) is 97.5 cm³/mol. The van der Waals surface area contributed by atoms with Gasteiger partial charge in [-0.05, 0) is 44.8 Å². The molecule has 2 rings (SSSR count). The number of nitrogens with zero attached hydrogens (tertiary/aromatic N) is 2. The maximum Gasteiger partial charge on any atom is 0.156 e. The molecule has 0 aliphatic carbocycles. The Morgan fingerprint density at radius 2 is 1.84 bits per heavy atom. The van der Waals surface area contributed by atoms with Crippen molar-refractivity contribution in [1.82, 2.24) is 9.80 Å². The van der Waals surface area contributed by atoms with Gasteiger partial charge in [0, 0.05) is 19.0 Å². The molecular weight excluding hydrogens is 319 g/mol. The monoisotopic (exact) mass is 348 g/mol. The Kier molecular flexibility index (Phi) is 6.23. The van der Waals surface area contributed by atoms with Gasteiger partial charge in [-0.1, -0.05) is 37.8 Å². The van der Waals surface area contributed by atoms with Gasteiger partial charge < -0.3 is 10.2 Å². The zero-order valence-corrected chi connectivity index (χ0v) is 15.6. The predicted octanol–water partition coefficient (Wildman–Crippen LogP) is 2.03. The zero-order chi connectivity index (χ0) is 18.7. The van der Waals surface area contributed by atoms with Gasteiger partial charge in [0.05, 0.1) is 6.54 Å². The summed E-state index contributed by atoms with van der Waals surface area (Å²) in [5.74, 6) is 5.68. The third-order valence-electron chi connectivity index (χ3n) is 5.22. The molecule has 1 aromatic rings. The van der Waals surface area contributed by atoms with Crippen LogP contribution in [0.15, 0.2) is 24.3 Å². The van der Waals surface area contributed by atoms with Gasteiger partial charge in [-0.2, -0.15) is 0 Å².